The molecule has 0 spiro atoms. The highest BCUT2D eigenvalue weighted by Crippen LogP contribution is 2.38. The van der Waals surface area contributed by atoms with Crippen molar-refractivity contribution < 1.29 is 4.74 Å². The minimum absolute atomic E-state index is 0.0245. The van der Waals surface area contributed by atoms with E-state index in [0.717, 1.165) is 18.6 Å². The number of nitrogens with one attached hydrogen (secondary N) is 1. The SMILES string of the molecule is COc1ccccc1C1=CC2=C(CC1)NC(C)(C)C=C2CN. The molecule has 1 aliphatic heterocycles. The van der Waals surface area contributed by atoms with Crippen LogP contribution in [-0.2, 0) is 0 Å². The molecule has 0 aromatic heterocycles. The number of rotatable bonds is 3. The molecule has 0 amide bonds. The molecule has 3 nitrogen and oxygen atoms in total. The van der Waals surface area contributed by atoms with Crippen molar-refractivity contribution in [2.24, 2.45) is 5.73 Å². The number of hydrogen-bond acceptors (Lipinski definition) is 3. The zero-order valence-electron chi connectivity index (χ0n) is 13.6. The highest BCUT2D eigenvalue weighted by atomic mass is 16.5. The van der Waals surface area contributed by atoms with Gasteiger partial charge in [-0.25, -0.2) is 0 Å². The van der Waals surface area contributed by atoms with Crippen molar-refractivity contribution in [2.45, 2.75) is 32.2 Å². The van der Waals surface area contributed by atoms with Crippen molar-refractivity contribution >= 4 is 5.57 Å². The van der Waals surface area contributed by atoms with E-state index >= 15 is 0 Å². The third kappa shape index (κ3) is 2.69. The first-order valence-corrected chi connectivity index (χ1v) is 7.81. The Morgan fingerprint density at radius 3 is 2.73 bits per heavy atom. The Kier molecular flexibility index (Phi) is 3.83. The standard InChI is InChI=1S/C19H24N2O/c1-19(2)11-14(12-20)16-10-13(8-9-17(16)21-19)15-6-4-5-7-18(15)22-3/h4-7,10-11,21H,8-9,12,20H2,1-3H3. The van der Waals surface area contributed by atoms with Gasteiger partial charge in [-0.3, -0.25) is 0 Å². The molecule has 0 atom stereocenters. The van der Waals surface area contributed by atoms with E-state index < -0.39 is 0 Å². The number of allylic oxidation sites excluding steroid dienone is 3. The lowest BCUT2D eigenvalue weighted by Gasteiger charge is -2.35. The molecule has 3 heteroatoms. The van der Waals surface area contributed by atoms with Gasteiger partial charge in [0.15, 0.2) is 0 Å². The van der Waals surface area contributed by atoms with Crippen LogP contribution in [0.25, 0.3) is 5.57 Å². The Labute approximate surface area is 132 Å². The Bertz CT molecular complexity index is 680. The zero-order valence-corrected chi connectivity index (χ0v) is 13.6. The van der Waals surface area contributed by atoms with Gasteiger partial charge in [-0.15, -0.1) is 0 Å². The number of benzene rings is 1. The topological polar surface area (TPSA) is 47.3 Å². The van der Waals surface area contributed by atoms with Crippen molar-refractivity contribution in [2.75, 3.05) is 13.7 Å². The minimum atomic E-state index is -0.0245. The molecule has 1 heterocycles. The van der Waals surface area contributed by atoms with E-state index in [9.17, 15) is 0 Å². The first kappa shape index (κ1) is 14.9. The van der Waals surface area contributed by atoms with Crippen molar-refractivity contribution in [1.82, 2.24) is 5.32 Å². The number of methoxy groups -OCH3 is 1. The highest BCUT2D eigenvalue weighted by molar-refractivity contribution is 5.76. The number of dihydropyridines is 1. The Balaban J connectivity index is 2.03. The third-order valence-corrected chi connectivity index (χ3v) is 4.31. The quantitative estimate of drug-likeness (QED) is 0.899. The Hall–Kier alpha value is -2.00. The van der Waals surface area contributed by atoms with Gasteiger partial charge in [-0.1, -0.05) is 24.3 Å². The van der Waals surface area contributed by atoms with Gasteiger partial charge in [0.1, 0.15) is 5.75 Å². The molecule has 1 aromatic carbocycles. The second-order valence-corrected chi connectivity index (χ2v) is 6.48. The predicted octanol–water partition coefficient (Wildman–Crippen LogP) is 3.39. The molecule has 0 saturated carbocycles. The molecule has 0 saturated heterocycles. The summed E-state index contributed by atoms with van der Waals surface area (Å²) in [6.45, 7) is 4.94. The fourth-order valence-corrected chi connectivity index (χ4v) is 3.37. The van der Waals surface area contributed by atoms with Gasteiger partial charge in [0.05, 0.1) is 12.6 Å². The van der Waals surface area contributed by atoms with Crippen molar-refractivity contribution in [3.05, 3.63) is 58.8 Å². The van der Waals surface area contributed by atoms with E-state index in [-0.39, 0.29) is 5.54 Å². The maximum Gasteiger partial charge on any atom is 0.126 e. The monoisotopic (exact) mass is 296 g/mol. The van der Waals surface area contributed by atoms with Gasteiger partial charge in [-0.2, -0.15) is 0 Å². The maximum absolute atomic E-state index is 5.99. The van der Waals surface area contributed by atoms with Gasteiger partial charge in [0, 0.05) is 17.8 Å². The van der Waals surface area contributed by atoms with Crippen LogP contribution in [0.2, 0.25) is 0 Å². The summed E-state index contributed by atoms with van der Waals surface area (Å²) >= 11 is 0. The average molecular weight is 296 g/mol. The molecule has 0 unspecified atom stereocenters. The van der Waals surface area contributed by atoms with Crippen LogP contribution in [0, 0.1) is 0 Å². The molecule has 1 aliphatic carbocycles. The van der Waals surface area contributed by atoms with Crippen LogP contribution in [0.15, 0.2) is 53.3 Å². The number of ether oxygens (including phenoxy) is 1. The number of para-hydroxylation sites is 1. The fraction of sp³-hybridized carbons (Fsp3) is 0.368. The lowest BCUT2D eigenvalue weighted by molar-refractivity contribution is 0.413. The third-order valence-electron chi connectivity index (χ3n) is 4.31. The molecular weight excluding hydrogens is 272 g/mol. The molecule has 22 heavy (non-hydrogen) atoms. The van der Waals surface area contributed by atoms with Crippen LogP contribution in [0.1, 0.15) is 32.3 Å². The van der Waals surface area contributed by atoms with Crippen molar-refractivity contribution in [3.63, 3.8) is 0 Å². The molecule has 3 rings (SSSR count). The van der Waals surface area contributed by atoms with Crippen LogP contribution in [0.5, 0.6) is 5.75 Å². The summed E-state index contributed by atoms with van der Waals surface area (Å²) in [5.41, 5.74) is 12.3. The van der Waals surface area contributed by atoms with E-state index in [0.29, 0.717) is 6.54 Å². The lowest BCUT2D eigenvalue weighted by Crippen LogP contribution is -2.41. The average Bonchev–Trinajstić information content (AvgIpc) is 2.52. The van der Waals surface area contributed by atoms with Gasteiger partial charge >= 0.3 is 0 Å². The smallest absolute Gasteiger partial charge is 0.126 e. The first-order chi connectivity index (χ1) is 10.5. The normalized spacial score (nSPS) is 19.8. The van der Waals surface area contributed by atoms with Crippen LogP contribution in [0.4, 0.5) is 0 Å². The summed E-state index contributed by atoms with van der Waals surface area (Å²) < 4.78 is 5.51. The highest BCUT2D eigenvalue weighted by Gasteiger charge is 2.27. The Morgan fingerprint density at radius 1 is 1.23 bits per heavy atom. The largest absolute Gasteiger partial charge is 0.496 e. The van der Waals surface area contributed by atoms with Crippen LogP contribution < -0.4 is 15.8 Å². The second-order valence-electron chi connectivity index (χ2n) is 6.48. The predicted molar refractivity (Wildman–Crippen MR) is 91.6 cm³/mol. The van der Waals surface area contributed by atoms with Crippen LogP contribution >= 0.6 is 0 Å². The van der Waals surface area contributed by atoms with E-state index in [1.54, 1.807) is 7.11 Å². The number of hydrogen-bond donors (Lipinski definition) is 2. The summed E-state index contributed by atoms with van der Waals surface area (Å²) in [4.78, 5) is 0. The number of nitrogens with two attached hydrogens (primary N) is 1. The van der Waals surface area contributed by atoms with Gasteiger partial charge in [-0.05, 0) is 55.6 Å². The maximum atomic E-state index is 5.99. The summed E-state index contributed by atoms with van der Waals surface area (Å²) in [7, 11) is 1.73. The molecule has 0 fully saturated rings. The van der Waals surface area contributed by atoms with Crippen molar-refractivity contribution in [3.8, 4) is 5.75 Å². The van der Waals surface area contributed by atoms with Gasteiger partial charge in [0.2, 0.25) is 0 Å². The molecule has 116 valence electrons. The Morgan fingerprint density at radius 2 is 2.00 bits per heavy atom. The second kappa shape index (κ2) is 5.65. The van der Waals surface area contributed by atoms with Gasteiger partial charge in [0.25, 0.3) is 0 Å². The fourth-order valence-electron chi connectivity index (χ4n) is 3.37. The minimum Gasteiger partial charge on any atom is -0.496 e. The lowest BCUT2D eigenvalue weighted by atomic mass is 9.83. The summed E-state index contributed by atoms with van der Waals surface area (Å²) in [5, 5.41) is 3.63. The molecule has 1 aromatic rings. The van der Waals surface area contributed by atoms with Gasteiger partial charge < -0.3 is 15.8 Å². The van der Waals surface area contributed by atoms with Crippen LogP contribution in [0.3, 0.4) is 0 Å². The van der Waals surface area contributed by atoms with E-state index in [1.165, 1.54) is 28.0 Å². The molecule has 2 aliphatic rings. The van der Waals surface area contributed by atoms with E-state index in [1.807, 2.05) is 12.1 Å². The van der Waals surface area contributed by atoms with Crippen LogP contribution in [-0.4, -0.2) is 19.2 Å². The summed E-state index contributed by atoms with van der Waals surface area (Å²) in [6.07, 6.45) is 6.55. The van der Waals surface area contributed by atoms with Crippen molar-refractivity contribution in [1.29, 1.82) is 0 Å². The molecule has 0 radical (unpaired) electrons. The zero-order chi connectivity index (χ0) is 15.7. The van der Waals surface area contributed by atoms with E-state index in [2.05, 4.69) is 43.4 Å². The molecule has 3 N–H and O–H groups in total. The first-order valence-electron chi connectivity index (χ1n) is 7.81. The summed E-state index contributed by atoms with van der Waals surface area (Å²) in [5.74, 6) is 0.931. The van der Waals surface area contributed by atoms with E-state index in [4.69, 9.17) is 10.5 Å². The molecular formula is C19H24N2O. The summed E-state index contributed by atoms with van der Waals surface area (Å²) in [6, 6.07) is 8.21. The molecule has 0 bridgehead atoms.